The van der Waals surface area contributed by atoms with E-state index >= 15 is 0 Å². The Kier molecular flexibility index (Phi) is 4.19. The van der Waals surface area contributed by atoms with E-state index in [2.05, 4.69) is 20.9 Å². The molecule has 0 unspecified atom stereocenters. The Morgan fingerprint density at radius 3 is 2.52 bits per heavy atom. The Hall–Kier alpha value is -1.50. The number of aromatic nitrogens is 1. The van der Waals surface area contributed by atoms with Gasteiger partial charge >= 0.3 is 5.97 Å². The number of nitrogens with zero attached hydrogens (tertiary/aromatic N) is 1. The predicted octanol–water partition coefficient (Wildman–Crippen LogP) is 4.93. The molecule has 2 heterocycles. The number of carbonyl (C=O) groups is 1. The third-order valence-electron chi connectivity index (χ3n) is 2.84. The molecule has 0 spiro atoms. The van der Waals surface area contributed by atoms with Crippen molar-refractivity contribution in [2.45, 2.75) is 6.42 Å². The lowest BCUT2D eigenvalue weighted by atomic mass is 10.1. The standard InChI is InChI=1S/C15H10BrNO2S2/c16-12-7-6-10(20-12)15-17-14(9-4-2-1-3-5-9)11(21-15)8-13(18)19/h1-7H,8H2,(H,18,19). The van der Waals surface area contributed by atoms with Crippen LogP contribution in [0.25, 0.3) is 21.1 Å². The summed E-state index contributed by atoms with van der Waals surface area (Å²) in [6.45, 7) is 0. The molecule has 106 valence electrons. The molecule has 0 amide bonds. The number of benzene rings is 1. The van der Waals surface area contributed by atoms with Gasteiger partial charge in [0.15, 0.2) is 0 Å². The molecule has 0 saturated heterocycles. The van der Waals surface area contributed by atoms with Gasteiger partial charge in [-0.05, 0) is 28.1 Å². The van der Waals surface area contributed by atoms with Crippen molar-refractivity contribution in [1.82, 2.24) is 4.98 Å². The summed E-state index contributed by atoms with van der Waals surface area (Å²) in [4.78, 5) is 17.6. The predicted molar refractivity (Wildman–Crippen MR) is 89.9 cm³/mol. The molecular weight excluding hydrogens is 370 g/mol. The van der Waals surface area contributed by atoms with Crippen molar-refractivity contribution >= 4 is 44.6 Å². The summed E-state index contributed by atoms with van der Waals surface area (Å²) in [5.74, 6) is -0.838. The van der Waals surface area contributed by atoms with Crippen molar-refractivity contribution in [1.29, 1.82) is 0 Å². The minimum absolute atomic E-state index is 0.00552. The average molecular weight is 380 g/mol. The molecule has 0 bridgehead atoms. The van der Waals surface area contributed by atoms with Crippen molar-refractivity contribution in [3.63, 3.8) is 0 Å². The minimum atomic E-state index is -0.838. The first-order chi connectivity index (χ1) is 10.1. The van der Waals surface area contributed by atoms with E-state index in [9.17, 15) is 4.79 Å². The zero-order valence-electron chi connectivity index (χ0n) is 10.7. The molecule has 3 rings (SSSR count). The molecule has 0 fully saturated rings. The fourth-order valence-electron chi connectivity index (χ4n) is 1.97. The molecule has 0 atom stereocenters. The van der Waals surface area contributed by atoms with Gasteiger partial charge in [0.1, 0.15) is 5.01 Å². The maximum Gasteiger partial charge on any atom is 0.308 e. The number of halogens is 1. The van der Waals surface area contributed by atoms with Crippen LogP contribution in [0.4, 0.5) is 0 Å². The molecular formula is C15H10BrNO2S2. The van der Waals surface area contributed by atoms with E-state index in [0.717, 1.165) is 29.8 Å². The van der Waals surface area contributed by atoms with E-state index in [1.54, 1.807) is 11.3 Å². The maximum atomic E-state index is 11.1. The van der Waals surface area contributed by atoms with Gasteiger partial charge in [0, 0.05) is 10.4 Å². The number of rotatable bonds is 4. The van der Waals surface area contributed by atoms with Gasteiger partial charge in [0.05, 0.1) is 20.8 Å². The summed E-state index contributed by atoms with van der Waals surface area (Å²) >= 11 is 6.48. The summed E-state index contributed by atoms with van der Waals surface area (Å²) < 4.78 is 1.04. The van der Waals surface area contributed by atoms with E-state index in [4.69, 9.17) is 5.11 Å². The van der Waals surface area contributed by atoms with Crippen molar-refractivity contribution in [3.05, 3.63) is 51.1 Å². The van der Waals surface area contributed by atoms with Crippen LogP contribution in [-0.2, 0) is 11.2 Å². The average Bonchev–Trinajstić information content (AvgIpc) is 3.06. The lowest BCUT2D eigenvalue weighted by Gasteiger charge is -1.99. The topological polar surface area (TPSA) is 50.2 Å². The Labute approximate surface area is 138 Å². The highest BCUT2D eigenvalue weighted by molar-refractivity contribution is 9.11. The number of carboxylic acids is 1. The summed E-state index contributed by atoms with van der Waals surface area (Å²) in [5, 5.41) is 9.96. The number of thiazole rings is 1. The van der Waals surface area contributed by atoms with E-state index in [1.165, 1.54) is 11.3 Å². The second-order valence-corrected chi connectivity index (χ2v) is 7.88. The van der Waals surface area contributed by atoms with Gasteiger partial charge in [-0.1, -0.05) is 30.3 Å². The fourth-order valence-corrected chi connectivity index (χ4v) is 4.48. The van der Waals surface area contributed by atoms with E-state index in [-0.39, 0.29) is 6.42 Å². The first kappa shape index (κ1) is 14.4. The molecule has 21 heavy (non-hydrogen) atoms. The largest absolute Gasteiger partial charge is 0.481 e. The number of aliphatic carboxylic acids is 1. The normalized spacial score (nSPS) is 10.7. The number of thiophene rings is 1. The van der Waals surface area contributed by atoms with Crippen molar-refractivity contribution in [3.8, 4) is 21.1 Å². The smallest absolute Gasteiger partial charge is 0.308 e. The first-order valence-corrected chi connectivity index (χ1v) is 8.58. The van der Waals surface area contributed by atoms with Gasteiger partial charge < -0.3 is 5.11 Å². The summed E-state index contributed by atoms with van der Waals surface area (Å²) in [6, 6.07) is 13.7. The lowest BCUT2D eigenvalue weighted by molar-refractivity contribution is -0.136. The Balaban J connectivity index is 2.09. The highest BCUT2D eigenvalue weighted by atomic mass is 79.9. The van der Waals surface area contributed by atoms with Gasteiger partial charge in [0.25, 0.3) is 0 Å². The van der Waals surface area contributed by atoms with Gasteiger partial charge in [-0.15, -0.1) is 22.7 Å². The third-order valence-corrected chi connectivity index (χ3v) is 5.69. The molecule has 0 aliphatic carbocycles. The van der Waals surface area contributed by atoms with Crippen LogP contribution in [-0.4, -0.2) is 16.1 Å². The molecule has 3 aromatic rings. The van der Waals surface area contributed by atoms with E-state index in [1.807, 2.05) is 42.5 Å². The molecule has 6 heteroatoms. The van der Waals surface area contributed by atoms with E-state index < -0.39 is 5.97 Å². The Morgan fingerprint density at radius 1 is 1.14 bits per heavy atom. The summed E-state index contributed by atoms with van der Waals surface area (Å²) in [5.41, 5.74) is 1.72. The van der Waals surface area contributed by atoms with Gasteiger partial charge in [-0.25, -0.2) is 4.98 Å². The Morgan fingerprint density at radius 2 is 1.90 bits per heavy atom. The molecule has 2 aromatic heterocycles. The quantitative estimate of drug-likeness (QED) is 0.698. The van der Waals surface area contributed by atoms with E-state index in [0.29, 0.717) is 0 Å². The molecule has 1 aromatic carbocycles. The molecule has 0 aliphatic rings. The van der Waals surface area contributed by atoms with Gasteiger partial charge in [-0.3, -0.25) is 4.79 Å². The van der Waals surface area contributed by atoms with Crippen LogP contribution in [0.5, 0.6) is 0 Å². The molecule has 0 aliphatic heterocycles. The second-order valence-electron chi connectivity index (χ2n) is 4.33. The highest BCUT2D eigenvalue weighted by Crippen LogP contribution is 2.38. The Bertz CT molecular complexity index is 780. The van der Waals surface area contributed by atoms with Crippen LogP contribution in [0.3, 0.4) is 0 Å². The van der Waals surface area contributed by atoms with Crippen LogP contribution in [0, 0.1) is 0 Å². The molecule has 1 N–H and O–H groups in total. The van der Waals surface area contributed by atoms with Crippen molar-refractivity contribution < 1.29 is 9.90 Å². The number of hydrogen-bond acceptors (Lipinski definition) is 4. The first-order valence-electron chi connectivity index (χ1n) is 6.16. The molecule has 0 radical (unpaired) electrons. The summed E-state index contributed by atoms with van der Waals surface area (Å²) in [7, 11) is 0. The minimum Gasteiger partial charge on any atom is -0.481 e. The van der Waals surface area contributed by atoms with Crippen LogP contribution in [0.2, 0.25) is 0 Å². The zero-order chi connectivity index (χ0) is 14.8. The number of hydrogen-bond donors (Lipinski definition) is 1. The lowest BCUT2D eigenvalue weighted by Crippen LogP contribution is -1.99. The van der Waals surface area contributed by atoms with Crippen LogP contribution in [0.15, 0.2) is 46.3 Å². The number of carboxylic acid groups (broad SMARTS) is 1. The van der Waals surface area contributed by atoms with Gasteiger partial charge in [-0.2, -0.15) is 0 Å². The zero-order valence-corrected chi connectivity index (χ0v) is 14.0. The molecule has 0 saturated carbocycles. The third kappa shape index (κ3) is 3.23. The van der Waals surface area contributed by atoms with Crippen LogP contribution in [0.1, 0.15) is 4.88 Å². The van der Waals surface area contributed by atoms with Gasteiger partial charge in [0.2, 0.25) is 0 Å². The second kappa shape index (κ2) is 6.09. The van der Waals surface area contributed by atoms with Crippen molar-refractivity contribution in [2.24, 2.45) is 0 Å². The van der Waals surface area contributed by atoms with Crippen molar-refractivity contribution in [2.75, 3.05) is 0 Å². The molecule has 3 nitrogen and oxygen atoms in total. The fraction of sp³-hybridized carbons (Fsp3) is 0.0667. The van der Waals surface area contributed by atoms with Crippen LogP contribution >= 0.6 is 38.6 Å². The monoisotopic (exact) mass is 379 g/mol. The SMILES string of the molecule is O=C(O)Cc1sc(-c2ccc(Br)s2)nc1-c1ccccc1. The highest BCUT2D eigenvalue weighted by Gasteiger charge is 2.17. The summed E-state index contributed by atoms with van der Waals surface area (Å²) in [6.07, 6.45) is -0.00552. The maximum absolute atomic E-state index is 11.1. The van der Waals surface area contributed by atoms with Crippen LogP contribution < -0.4 is 0 Å².